The van der Waals surface area contributed by atoms with E-state index in [9.17, 15) is 14.4 Å². The quantitative estimate of drug-likeness (QED) is 0.668. The number of rotatable bonds is 2. The lowest BCUT2D eigenvalue weighted by Crippen LogP contribution is -2.49. The van der Waals surface area contributed by atoms with Crippen molar-refractivity contribution in [2.24, 2.45) is 7.05 Å². The highest BCUT2D eigenvalue weighted by molar-refractivity contribution is 5.79. The van der Waals surface area contributed by atoms with Gasteiger partial charge in [0.25, 0.3) is 0 Å². The van der Waals surface area contributed by atoms with Gasteiger partial charge in [-0.3, -0.25) is 23.5 Å². The topological polar surface area (TPSA) is 95.7 Å². The van der Waals surface area contributed by atoms with Crippen molar-refractivity contribution >= 4 is 17.1 Å². The van der Waals surface area contributed by atoms with E-state index in [2.05, 4.69) is 4.98 Å². The van der Waals surface area contributed by atoms with E-state index < -0.39 is 16.9 Å². The minimum Gasteiger partial charge on any atom is -0.347 e. The zero-order chi connectivity index (χ0) is 18.3. The number of aryl methyl sites for hydroxylation is 1. The molecule has 0 N–H and O–H groups in total. The molecule has 0 unspecified atom stereocenters. The average Bonchev–Trinajstić information content (AvgIpc) is 3.12. The molecule has 0 atom stereocenters. The third-order valence-corrected chi connectivity index (χ3v) is 5.09. The van der Waals surface area contributed by atoms with E-state index in [1.165, 1.54) is 16.2 Å². The summed E-state index contributed by atoms with van der Waals surface area (Å²) in [4.78, 5) is 43.1. The first-order valence-electron chi connectivity index (χ1n) is 8.61. The average molecular weight is 360 g/mol. The molecule has 2 aromatic rings. The molecule has 2 saturated heterocycles. The number of ether oxygens (including phenoxy) is 2. The number of pyridine rings is 1. The molecule has 0 radical (unpaired) electrons. The maximum atomic E-state index is 12.7. The number of carbonyl (C=O) groups excluding carboxylic acids is 1. The van der Waals surface area contributed by atoms with Crippen LogP contribution in [0.2, 0.25) is 0 Å². The molecule has 0 saturated carbocycles. The highest BCUT2D eigenvalue weighted by Crippen LogP contribution is 2.31. The molecule has 2 aliphatic heterocycles. The lowest BCUT2D eigenvalue weighted by atomic mass is 10.0. The van der Waals surface area contributed by atoms with Crippen LogP contribution in [-0.4, -0.2) is 57.0 Å². The van der Waals surface area contributed by atoms with Gasteiger partial charge in [0.1, 0.15) is 6.54 Å². The van der Waals surface area contributed by atoms with Crippen LogP contribution in [0.1, 0.15) is 12.8 Å². The van der Waals surface area contributed by atoms with E-state index >= 15 is 0 Å². The Kier molecular flexibility index (Phi) is 4.12. The Balaban J connectivity index is 1.59. The molecular formula is C17H20N4O5. The Morgan fingerprint density at radius 3 is 2.58 bits per heavy atom. The molecule has 0 aliphatic carbocycles. The van der Waals surface area contributed by atoms with E-state index in [1.54, 1.807) is 23.2 Å². The molecule has 26 heavy (non-hydrogen) atoms. The molecule has 138 valence electrons. The number of carbonyl (C=O) groups is 1. The van der Waals surface area contributed by atoms with Crippen molar-refractivity contribution in [2.75, 3.05) is 26.3 Å². The molecule has 2 aliphatic rings. The van der Waals surface area contributed by atoms with Gasteiger partial charge in [0.2, 0.25) is 5.91 Å². The molecule has 4 rings (SSSR count). The van der Waals surface area contributed by atoms with Gasteiger partial charge in [0.15, 0.2) is 11.4 Å². The summed E-state index contributed by atoms with van der Waals surface area (Å²) in [5.74, 6) is -0.772. The van der Waals surface area contributed by atoms with Gasteiger partial charge >= 0.3 is 11.1 Å². The van der Waals surface area contributed by atoms with Gasteiger partial charge in [-0.05, 0) is 12.1 Å². The van der Waals surface area contributed by atoms with Crippen LogP contribution in [-0.2, 0) is 27.9 Å². The summed E-state index contributed by atoms with van der Waals surface area (Å²) in [6.45, 7) is 1.96. The van der Waals surface area contributed by atoms with E-state index in [1.807, 2.05) is 0 Å². The number of nitrogens with zero attached hydrogens (tertiary/aromatic N) is 4. The minimum atomic E-state index is -0.725. The molecule has 9 heteroatoms. The predicted molar refractivity (Wildman–Crippen MR) is 91.7 cm³/mol. The zero-order valence-electron chi connectivity index (χ0n) is 14.5. The number of amides is 1. The van der Waals surface area contributed by atoms with Crippen LogP contribution >= 0.6 is 0 Å². The van der Waals surface area contributed by atoms with Crippen LogP contribution in [0, 0.1) is 0 Å². The fourth-order valence-electron chi connectivity index (χ4n) is 3.60. The number of aromatic nitrogens is 3. The van der Waals surface area contributed by atoms with Crippen molar-refractivity contribution in [3.05, 3.63) is 39.0 Å². The van der Waals surface area contributed by atoms with Crippen LogP contribution in [0.3, 0.4) is 0 Å². The summed E-state index contributed by atoms with van der Waals surface area (Å²) in [6.07, 6.45) is 2.75. The molecule has 0 bridgehead atoms. The number of fused-ring (bicyclic) bond motifs is 1. The molecule has 9 nitrogen and oxygen atoms in total. The van der Waals surface area contributed by atoms with Gasteiger partial charge in [-0.15, -0.1) is 0 Å². The second-order valence-electron chi connectivity index (χ2n) is 6.59. The lowest BCUT2D eigenvalue weighted by Gasteiger charge is -2.37. The summed E-state index contributed by atoms with van der Waals surface area (Å²) < 4.78 is 13.7. The van der Waals surface area contributed by atoms with Crippen molar-refractivity contribution in [3.8, 4) is 0 Å². The molecule has 0 aromatic carbocycles. The van der Waals surface area contributed by atoms with E-state index in [0.717, 1.165) is 0 Å². The van der Waals surface area contributed by atoms with Crippen molar-refractivity contribution in [3.63, 3.8) is 0 Å². The Morgan fingerprint density at radius 2 is 1.88 bits per heavy atom. The zero-order valence-corrected chi connectivity index (χ0v) is 14.5. The first kappa shape index (κ1) is 16.9. The highest BCUT2D eigenvalue weighted by atomic mass is 16.7. The SMILES string of the molecule is Cn1c(=O)c(=O)n(CC(=O)N2CCC3(CC2)OCCO3)c2cccnc21. The largest absolute Gasteiger partial charge is 0.347 e. The molecule has 2 fully saturated rings. The highest BCUT2D eigenvalue weighted by Gasteiger charge is 2.40. The summed E-state index contributed by atoms with van der Waals surface area (Å²) in [6, 6.07) is 3.36. The van der Waals surface area contributed by atoms with Crippen LogP contribution in [0.25, 0.3) is 11.2 Å². The van der Waals surface area contributed by atoms with Crippen molar-refractivity contribution in [2.45, 2.75) is 25.2 Å². The third-order valence-electron chi connectivity index (χ3n) is 5.09. The van der Waals surface area contributed by atoms with Gasteiger partial charge in [0, 0.05) is 39.2 Å². The number of likely N-dealkylation sites (tertiary alicyclic amines) is 1. The van der Waals surface area contributed by atoms with Crippen LogP contribution in [0.4, 0.5) is 0 Å². The second-order valence-corrected chi connectivity index (χ2v) is 6.59. The smallest absolute Gasteiger partial charge is 0.317 e. The van der Waals surface area contributed by atoms with E-state index in [0.29, 0.717) is 50.3 Å². The van der Waals surface area contributed by atoms with Gasteiger partial charge < -0.3 is 14.4 Å². The summed E-state index contributed by atoms with van der Waals surface area (Å²) in [5.41, 5.74) is -0.592. The first-order chi connectivity index (χ1) is 12.5. The van der Waals surface area contributed by atoms with E-state index in [4.69, 9.17) is 9.47 Å². The third kappa shape index (κ3) is 2.73. The van der Waals surface area contributed by atoms with E-state index in [-0.39, 0.29) is 12.5 Å². The molecule has 4 heterocycles. The number of hydrogen-bond acceptors (Lipinski definition) is 6. The van der Waals surface area contributed by atoms with Gasteiger partial charge in [-0.25, -0.2) is 4.98 Å². The Labute approximate surface area is 148 Å². The molecule has 2 aromatic heterocycles. The monoisotopic (exact) mass is 360 g/mol. The predicted octanol–water partition coefficient (Wildman–Crippen LogP) is -0.539. The van der Waals surface area contributed by atoms with Crippen molar-refractivity contribution < 1.29 is 14.3 Å². The lowest BCUT2D eigenvalue weighted by molar-refractivity contribution is -0.187. The number of piperidine rings is 1. The first-order valence-corrected chi connectivity index (χ1v) is 8.61. The van der Waals surface area contributed by atoms with Gasteiger partial charge in [0.05, 0.1) is 18.7 Å². The van der Waals surface area contributed by atoms with Crippen molar-refractivity contribution in [1.82, 2.24) is 19.0 Å². The summed E-state index contributed by atoms with van der Waals surface area (Å²) >= 11 is 0. The summed E-state index contributed by atoms with van der Waals surface area (Å²) in [5, 5.41) is 0. The standard InChI is InChI=1S/C17H20N4O5/c1-19-14-12(3-2-6-18-14)21(16(24)15(19)23)11-13(22)20-7-4-17(5-8-20)25-9-10-26-17/h2-3,6H,4-5,7-11H2,1H3. The normalized spacial score (nSPS) is 19.3. The fourth-order valence-corrected chi connectivity index (χ4v) is 3.60. The minimum absolute atomic E-state index is 0.189. The Bertz CT molecular complexity index is 963. The Hall–Kier alpha value is -2.52. The van der Waals surface area contributed by atoms with Crippen LogP contribution in [0.5, 0.6) is 0 Å². The summed E-state index contributed by atoms with van der Waals surface area (Å²) in [7, 11) is 1.50. The van der Waals surface area contributed by atoms with Gasteiger partial charge in [-0.1, -0.05) is 0 Å². The van der Waals surface area contributed by atoms with Crippen molar-refractivity contribution in [1.29, 1.82) is 0 Å². The fraction of sp³-hybridized carbons (Fsp3) is 0.529. The number of hydrogen-bond donors (Lipinski definition) is 0. The van der Waals surface area contributed by atoms with Crippen LogP contribution < -0.4 is 11.1 Å². The molecule has 1 spiro atoms. The molecule has 1 amide bonds. The maximum absolute atomic E-state index is 12.7. The maximum Gasteiger partial charge on any atom is 0.317 e. The van der Waals surface area contributed by atoms with Crippen LogP contribution in [0.15, 0.2) is 27.9 Å². The Morgan fingerprint density at radius 1 is 1.19 bits per heavy atom. The van der Waals surface area contributed by atoms with Gasteiger partial charge in [-0.2, -0.15) is 0 Å². The second kappa shape index (κ2) is 6.33. The molecular weight excluding hydrogens is 340 g/mol.